The Kier molecular flexibility index (Phi) is 4.61. The third-order valence-electron chi connectivity index (χ3n) is 3.70. The van der Waals surface area contributed by atoms with Crippen LogP contribution in [0.3, 0.4) is 0 Å². The highest BCUT2D eigenvalue weighted by atomic mass is 32.1. The fourth-order valence-corrected chi connectivity index (χ4v) is 2.96. The van der Waals surface area contributed by atoms with Gasteiger partial charge in [0, 0.05) is 23.7 Å². The third kappa shape index (κ3) is 3.17. The van der Waals surface area contributed by atoms with Gasteiger partial charge in [0.2, 0.25) is 0 Å². The predicted molar refractivity (Wildman–Crippen MR) is 84.8 cm³/mol. The largest absolute Gasteiger partial charge is 0.367 e. The van der Waals surface area contributed by atoms with Crippen molar-refractivity contribution in [3.8, 4) is 0 Å². The first-order chi connectivity index (χ1) is 9.13. The van der Waals surface area contributed by atoms with Gasteiger partial charge in [0.05, 0.1) is 6.04 Å². The molecule has 0 amide bonds. The number of rotatable bonds is 5. The Hall–Kier alpha value is -1.32. The molecule has 19 heavy (non-hydrogen) atoms. The Morgan fingerprint density at radius 1 is 1.21 bits per heavy atom. The van der Waals surface area contributed by atoms with Crippen LogP contribution in [0.4, 0.5) is 5.69 Å². The van der Waals surface area contributed by atoms with E-state index in [4.69, 9.17) is 5.73 Å². The quantitative estimate of drug-likeness (QED) is 0.878. The summed E-state index contributed by atoms with van der Waals surface area (Å²) in [7, 11) is 2.14. The van der Waals surface area contributed by atoms with Gasteiger partial charge in [-0.3, -0.25) is 0 Å². The SMILES string of the molecule is CCC(N)c1ccc(N(C)C(C)c2cccs2)cc1. The molecule has 0 saturated heterocycles. The maximum Gasteiger partial charge on any atom is 0.0603 e. The molecule has 0 aliphatic carbocycles. The molecule has 1 heterocycles. The Balaban J connectivity index is 2.13. The van der Waals surface area contributed by atoms with E-state index >= 15 is 0 Å². The zero-order valence-corrected chi connectivity index (χ0v) is 12.7. The molecule has 2 rings (SSSR count). The zero-order chi connectivity index (χ0) is 13.8. The Bertz CT molecular complexity index is 490. The molecule has 0 bridgehead atoms. The van der Waals surface area contributed by atoms with Crippen molar-refractivity contribution in [3.63, 3.8) is 0 Å². The topological polar surface area (TPSA) is 29.3 Å². The van der Waals surface area contributed by atoms with Crippen LogP contribution in [0.2, 0.25) is 0 Å². The number of nitrogens with two attached hydrogens (primary N) is 1. The summed E-state index contributed by atoms with van der Waals surface area (Å²) < 4.78 is 0. The van der Waals surface area contributed by atoms with Crippen LogP contribution >= 0.6 is 11.3 Å². The summed E-state index contributed by atoms with van der Waals surface area (Å²) in [5.41, 5.74) is 8.49. The van der Waals surface area contributed by atoms with Crippen LogP contribution in [0.25, 0.3) is 0 Å². The lowest BCUT2D eigenvalue weighted by Crippen LogP contribution is -2.20. The molecule has 0 radical (unpaired) electrons. The van der Waals surface area contributed by atoms with Gasteiger partial charge in [-0.05, 0) is 42.5 Å². The van der Waals surface area contributed by atoms with Crippen molar-refractivity contribution in [1.82, 2.24) is 0 Å². The molecule has 0 aliphatic heterocycles. The first kappa shape index (κ1) is 14.1. The monoisotopic (exact) mass is 274 g/mol. The molecule has 2 atom stereocenters. The molecule has 1 aromatic heterocycles. The van der Waals surface area contributed by atoms with E-state index in [0.29, 0.717) is 6.04 Å². The van der Waals surface area contributed by atoms with Gasteiger partial charge in [0.1, 0.15) is 0 Å². The van der Waals surface area contributed by atoms with Gasteiger partial charge in [-0.15, -0.1) is 11.3 Å². The van der Waals surface area contributed by atoms with Crippen LogP contribution in [0.15, 0.2) is 41.8 Å². The minimum atomic E-state index is 0.147. The molecule has 2 nitrogen and oxygen atoms in total. The number of anilines is 1. The molecule has 0 fully saturated rings. The van der Waals surface area contributed by atoms with Crippen molar-refractivity contribution in [2.75, 3.05) is 11.9 Å². The van der Waals surface area contributed by atoms with Crippen LogP contribution in [-0.2, 0) is 0 Å². The maximum atomic E-state index is 6.05. The summed E-state index contributed by atoms with van der Waals surface area (Å²) in [5, 5.41) is 2.13. The maximum absolute atomic E-state index is 6.05. The lowest BCUT2D eigenvalue weighted by molar-refractivity contribution is 0.697. The van der Waals surface area contributed by atoms with Gasteiger partial charge in [0.15, 0.2) is 0 Å². The van der Waals surface area contributed by atoms with E-state index in [9.17, 15) is 0 Å². The summed E-state index contributed by atoms with van der Waals surface area (Å²) >= 11 is 1.80. The first-order valence-electron chi connectivity index (χ1n) is 6.75. The minimum absolute atomic E-state index is 0.147. The highest BCUT2D eigenvalue weighted by Gasteiger charge is 2.13. The second-order valence-electron chi connectivity index (χ2n) is 4.91. The van der Waals surface area contributed by atoms with Crippen LogP contribution in [0.1, 0.15) is 42.8 Å². The number of nitrogens with zero attached hydrogens (tertiary/aromatic N) is 1. The lowest BCUT2D eigenvalue weighted by atomic mass is 10.0. The smallest absolute Gasteiger partial charge is 0.0603 e. The molecule has 2 N–H and O–H groups in total. The van der Waals surface area contributed by atoms with Crippen molar-refractivity contribution in [3.05, 3.63) is 52.2 Å². The second kappa shape index (κ2) is 6.22. The van der Waals surface area contributed by atoms with Crippen molar-refractivity contribution in [2.45, 2.75) is 32.4 Å². The molecule has 2 unspecified atom stereocenters. The van der Waals surface area contributed by atoms with Gasteiger partial charge >= 0.3 is 0 Å². The van der Waals surface area contributed by atoms with Crippen molar-refractivity contribution < 1.29 is 0 Å². The highest BCUT2D eigenvalue weighted by Crippen LogP contribution is 2.28. The van der Waals surface area contributed by atoms with Crippen molar-refractivity contribution in [1.29, 1.82) is 0 Å². The minimum Gasteiger partial charge on any atom is -0.367 e. The van der Waals surface area contributed by atoms with E-state index in [-0.39, 0.29) is 6.04 Å². The number of hydrogen-bond acceptors (Lipinski definition) is 3. The molecule has 3 heteroatoms. The van der Waals surface area contributed by atoms with E-state index in [2.05, 4.69) is 67.6 Å². The summed E-state index contributed by atoms with van der Waals surface area (Å²) in [4.78, 5) is 3.68. The summed E-state index contributed by atoms with van der Waals surface area (Å²) in [6, 6.07) is 13.4. The summed E-state index contributed by atoms with van der Waals surface area (Å²) in [6.45, 7) is 4.35. The van der Waals surface area contributed by atoms with Crippen LogP contribution in [0.5, 0.6) is 0 Å². The third-order valence-corrected chi connectivity index (χ3v) is 4.75. The van der Waals surface area contributed by atoms with Gasteiger partial charge in [-0.2, -0.15) is 0 Å². The van der Waals surface area contributed by atoms with Gasteiger partial charge in [-0.1, -0.05) is 25.1 Å². The Morgan fingerprint density at radius 3 is 2.42 bits per heavy atom. The molecule has 2 aromatic rings. The molecular formula is C16H22N2S. The average molecular weight is 274 g/mol. The van der Waals surface area contributed by atoms with Crippen LogP contribution in [-0.4, -0.2) is 7.05 Å². The highest BCUT2D eigenvalue weighted by molar-refractivity contribution is 7.10. The van der Waals surface area contributed by atoms with Gasteiger partial charge in [-0.25, -0.2) is 0 Å². The van der Waals surface area contributed by atoms with E-state index in [1.165, 1.54) is 16.1 Å². The first-order valence-corrected chi connectivity index (χ1v) is 7.63. The van der Waals surface area contributed by atoms with E-state index in [1.807, 2.05) is 0 Å². The molecule has 102 valence electrons. The van der Waals surface area contributed by atoms with E-state index in [0.717, 1.165) is 6.42 Å². The Labute approximate surface area is 119 Å². The van der Waals surface area contributed by atoms with Crippen molar-refractivity contribution in [2.24, 2.45) is 5.73 Å². The van der Waals surface area contributed by atoms with Crippen molar-refractivity contribution >= 4 is 17.0 Å². The summed E-state index contributed by atoms with van der Waals surface area (Å²) in [5.74, 6) is 0. The second-order valence-corrected chi connectivity index (χ2v) is 5.89. The van der Waals surface area contributed by atoms with Crippen LogP contribution in [0, 0.1) is 0 Å². The van der Waals surface area contributed by atoms with E-state index in [1.54, 1.807) is 11.3 Å². The fraction of sp³-hybridized carbons (Fsp3) is 0.375. The number of benzene rings is 1. The predicted octanol–water partition coefficient (Wildman–Crippen LogP) is 4.36. The molecule has 0 saturated carbocycles. The van der Waals surface area contributed by atoms with E-state index < -0.39 is 0 Å². The standard InChI is InChI=1S/C16H22N2S/c1-4-15(17)13-7-9-14(10-8-13)18(3)12(2)16-6-5-11-19-16/h5-12,15H,4,17H2,1-3H3. The molecule has 0 spiro atoms. The molecule has 0 aliphatic rings. The zero-order valence-electron chi connectivity index (χ0n) is 11.8. The lowest BCUT2D eigenvalue weighted by Gasteiger charge is -2.26. The van der Waals surface area contributed by atoms with Crippen LogP contribution < -0.4 is 10.6 Å². The average Bonchev–Trinajstić information content (AvgIpc) is 2.99. The molecule has 1 aromatic carbocycles. The van der Waals surface area contributed by atoms with Gasteiger partial charge in [0.25, 0.3) is 0 Å². The summed E-state index contributed by atoms with van der Waals surface area (Å²) in [6.07, 6.45) is 0.973. The number of thiophene rings is 1. The van der Waals surface area contributed by atoms with Gasteiger partial charge < -0.3 is 10.6 Å². The normalized spacial score (nSPS) is 14.1. The Morgan fingerprint density at radius 2 is 1.89 bits per heavy atom. The fourth-order valence-electron chi connectivity index (χ4n) is 2.14. The molecular weight excluding hydrogens is 252 g/mol. The number of hydrogen-bond donors (Lipinski definition) is 1.